The van der Waals surface area contributed by atoms with Gasteiger partial charge in [-0.15, -0.1) is 0 Å². The highest BCUT2D eigenvalue weighted by Crippen LogP contribution is 2.37. The number of aromatic nitrogens is 1. The molecule has 3 rings (SSSR count). The Morgan fingerprint density at radius 3 is 2.77 bits per heavy atom. The van der Waals surface area contributed by atoms with Crippen LogP contribution < -0.4 is 11.1 Å². The number of rotatable bonds is 4. The molecular weight excluding hydrogens is 347 g/mol. The van der Waals surface area contributed by atoms with Crippen LogP contribution in [0.3, 0.4) is 0 Å². The smallest absolute Gasteiger partial charge is 0.388 e. The highest BCUT2D eigenvalue weighted by atomic mass is 19.4. The number of aliphatic hydroxyl groups is 1. The number of nitrogens with two attached hydrogens (primary N) is 1. The summed E-state index contributed by atoms with van der Waals surface area (Å²) in [6.07, 6.45) is -2.34. The molecule has 0 bridgehead atoms. The number of amides is 1. The van der Waals surface area contributed by atoms with Crippen molar-refractivity contribution in [1.82, 2.24) is 10.3 Å². The molecule has 26 heavy (non-hydrogen) atoms. The molecule has 2 aromatic rings. The van der Waals surface area contributed by atoms with Gasteiger partial charge in [0.2, 0.25) is 0 Å². The number of benzene rings is 1. The number of nitrogens with zero attached hydrogens (tertiary/aromatic N) is 1. The van der Waals surface area contributed by atoms with Gasteiger partial charge in [-0.05, 0) is 43.5 Å². The first-order valence-electron chi connectivity index (χ1n) is 8.49. The number of pyridine rings is 1. The van der Waals surface area contributed by atoms with E-state index >= 15 is 0 Å². The predicted molar refractivity (Wildman–Crippen MR) is 90.5 cm³/mol. The summed E-state index contributed by atoms with van der Waals surface area (Å²) in [5.74, 6) is -0.937. The van der Waals surface area contributed by atoms with Crippen LogP contribution >= 0.6 is 0 Å². The minimum absolute atomic E-state index is 0.0739. The summed E-state index contributed by atoms with van der Waals surface area (Å²) in [6.45, 7) is 0.846. The molecule has 0 aliphatic carbocycles. The summed E-state index contributed by atoms with van der Waals surface area (Å²) in [5, 5.41) is 14.1. The van der Waals surface area contributed by atoms with E-state index < -0.39 is 23.8 Å². The zero-order valence-corrected chi connectivity index (χ0v) is 14.0. The van der Waals surface area contributed by atoms with Gasteiger partial charge in [0.05, 0.1) is 17.2 Å². The van der Waals surface area contributed by atoms with E-state index in [1.54, 1.807) is 0 Å². The van der Waals surface area contributed by atoms with Crippen LogP contribution in [0.15, 0.2) is 24.3 Å². The topological polar surface area (TPSA) is 88.2 Å². The van der Waals surface area contributed by atoms with Gasteiger partial charge < -0.3 is 16.2 Å². The second-order valence-electron chi connectivity index (χ2n) is 6.56. The van der Waals surface area contributed by atoms with Crippen LogP contribution in [0.25, 0.3) is 10.9 Å². The number of carbonyl (C=O) groups excluding carboxylic acids is 1. The zero-order chi connectivity index (χ0) is 18.9. The quantitative estimate of drug-likeness (QED) is 0.775. The van der Waals surface area contributed by atoms with Gasteiger partial charge in [-0.1, -0.05) is 18.6 Å². The second-order valence-corrected chi connectivity index (χ2v) is 6.56. The number of alkyl halides is 3. The minimum atomic E-state index is -4.63. The standard InChI is InChI=1S/C18H20F3N3O2/c19-18(20,21)13-6-3-5-11-12(9-14(17(22)26)24-16(11)13)15(25)8-10-4-1-2-7-23-10/h3,5-6,9-10,15,23,25H,1-2,4,7-8H2,(H2,22,26). The average Bonchev–Trinajstić information content (AvgIpc) is 2.60. The average molecular weight is 367 g/mol. The molecule has 8 heteroatoms. The third kappa shape index (κ3) is 3.81. The largest absolute Gasteiger partial charge is 0.418 e. The molecule has 2 atom stereocenters. The van der Waals surface area contributed by atoms with E-state index in [1.807, 2.05) is 0 Å². The van der Waals surface area contributed by atoms with Crippen LogP contribution in [0.5, 0.6) is 0 Å². The number of nitrogens with one attached hydrogen (secondary N) is 1. The maximum Gasteiger partial charge on any atom is 0.418 e. The van der Waals surface area contributed by atoms with E-state index in [0.29, 0.717) is 6.42 Å². The van der Waals surface area contributed by atoms with E-state index in [1.165, 1.54) is 18.2 Å². The lowest BCUT2D eigenvalue weighted by Crippen LogP contribution is -2.35. The molecule has 1 aliphatic heterocycles. The van der Waals surface area contributed by atoms with Crippen molar-refractivity contribution in [1.29, 1.82) is 0 Å². The maximum atomic E-state index is 13.3. The van der Waals surface area contributed by atoms with Crippen molar-refractivity contribution in [3.8, 4) is 0 Å². The molecule has 0 saturated carbocycles. The number of para-hydroxylation sites is 1. The first-order chi connectivity index (χ1) is 12.3. The molecule has 1 aromatic heterocycles. The molecule has 140 valence electrons. The van der Waals surface area contributed by atoms with Crippen molar-refractivity contribution in [2.45, 2.75) is 44.0 Å². The van der Waals surface area contributed by atoms with Gasteiger partial charge in [-0.3, -0.25) is 4.79 Å². The molecule has 4 N–H and O–H groups in total. The number of halogens is 3. The molecule has 0 radical (unpaired) electrons. The van der Waals surface area contributed by atoms with Crippen LogP contribution in [-0.4, -0.2) is 28.6 Å². The van der Waals surface area contributed by atoms with Gasteiger partial charge >= 0.3 is 6.18 Å². The summed E-state index contributed by atoms with van der Waals surface area (Å²) in [4.78, 5) is 15.4. The van der Waals surface area contributed by atoms with Gasteiger partial charge in [0.1, 0.15) is 5.69 Å². The zero-order valence-electron chi connectivity index (χ0n) is 14.0. The number of aliphatic hydroxyl groups excluding tert-OH is 1. The van der Waals surface area contributed by atoms with Crippen molar-refractivity contribution < 1.29 is 23.1 Å². The number of fused-ring (bicyclic) bond motifs is 1. The Balaban J connectivity index is 2.09. The third-order valence-electron chi connectivity index (χ3n) is 4.71. The molecule has 0 spiro atoms. The van der Waals surface area contributed by atoms with Gasteiger partial charge in [-0.2, -0.15) is 13.2 Å². The Bertz CT molecular complexity index is 817. The van der Waals surface area contributed by atoms with E-state index in [9.17, 15) is 23.1 Å². The van der Waals surface area contributed by atoms with Crippen LogP contribution in [-0.2, 0) is 6.18 Å². The molecule has 2 unspecified atom stereocenters. The molecule has 1 amide bonds. The van der Waals surface area contributed by atoms with Crippen molar-refractivity contribution in [3.63, 3.8) is 0 Å². The monoisotopic (exact) mass is 367 g/mol. The number of carbonyl (C=O) groups is 1. The van der Waals surface area contributed by atoms with Gasteiger partial charge in [-0.25, -0.2) is 4.98 Å². The van der Waals surface area contributed by atoms with Crippen LogP contribution in [0, 0.1) is 0 Å². The van der Waals surface area contributed by atoms with Gasteiger partial charge in [0, 0.05) is 11.4 Å². The Labute approximate surface area is 148 Å². The second kappa shape index (κ2) is 7.20. The maximum absolute atomic E-state index is 13.3. The first-order valence-corrected chi connectivity index (χ1v) is 8.49. The number of hydrogen-bond acceptors (Lipinski definition) is 4. The molecule has 1 aromatic carbocycles. The number of primary amides is 1. The third-order valence-corrected chi connectivity index (χ3v) is 4.71. The molecular formula is C18H20F3N3O2. The molecule has 5 nitrogen and oxygen atoms in total. The Kier molecular flexibility index (Phi) is 5.15. The number of hydrogen-bond donors (Lipinski definition) is 3. The fourth-order valence-electron chi connectivity index (χ4n) is 3.43. The highest BCUT2D eigenvalue weighted by molar-refractivity contribution is 5.96. The van der Waals surface area contributed by atoms with Gasteiger partial charge in [0.15, 0.2) is 0 Å². The Hall–Kier alpha value is -2.19. The Morgan fingerprint density at radius 2 is 2.15 bits per heavy atom. The van der Waals surface area contributed by atoms with Crippen LogP contribution in [0.4, 0.5) is 13.2 Å². The van der Waals surface area contributed by atoms with Gasteiger partial charge in [0.25, 0.3) is 5.91 Å². The fraction of sp³-hybridized carbons (Fsp3) is 0.444. The number of piperidine rings is 1. The lowest BCUT2D eigenvalue weighted by atomic mass is 9.93. The predicted octanol–water partition coefficient (Wildman–Crippen LogP) is 2.92. The van der Waals surface area contributed by atoms with Crippen molar-refractivity contribution in [2.24, 2.45) is 5.73 Å². The fourth-order valence-corrected chi connectivity index (χ4v) is 3.43. The lowest BCUT2D eigenvalue weighted by molar-refractivity contribution is -0.136. The summed E-state index contributed by atoms with van der Waals surface area (Å²) in [6, 6.07) is 5.00. The van der Waals surface area contributed by atoms with Crippen LogP contribution in [0.2, 0.25) is 0 Å². The normalized spacial score (nSPS) is 19.5. The Morgan fingerprint density at radius 1 is 1.38 bits per heavy atom. The van der Waals surface area contributed by atoms with E-state index in [2.05, 4.69) is 10.3 Å². The minimum Gasteiger partial charge on any atom is -0.388 e. The summed E-state index contributed by atoms with van der Waals surface area (Å²) >= 11 is 0. The van der Waals surface area contributed by atoms with E-state index in [-0.39, 0.29) is 28.2 Å². The molecule has 1 saturated heterocycles. The highest BCUT2D eigenvalue weighted by Gasteiger charge is 2.34. The first kappa shape index (κ1) is 18.6. The summed E-state index contributed by atoms with van der Waals surface area (Å²) < 4.78 is 40.0. The SMILES string of the molecule is NC(=O)c1cc(C(O)CC2CCCCN2)c2cccc(C(F)(F)F)c2n1. The summed E-state index contributed by atoms with van der Waals surface area (Å²) in [5.41, 5.74) is 3.86. The molecule has 1 aliphatic rings. The van der Waals surface area contributed by atoms with E-state index in [4.69, 9.17) is 5.73 Å². The van der Waals surface area contributed by atoms with Crippen molar-refractivity contribution >= 4 is 16.8 Å². The van der Waals surface area contributed by atoms with Crippen molar-refractivity contribution in [2.75, 3.05) is 6.54 Å². The lowest BCUT2D eigenvalue weighted by Gasteiger charge is -2.26. The molecule has 1 fully saturated rings. The summed E-state index contributed by atoms with van der Waals surface area (Å²) in [7, 11) is 0. The van der Waals surface area contributed by atoms with Crippen LogP contribution in [0.1, 0.15) is 53.4 Å². The van der Waals surface area contributed by atoms with Crippen molar-refractivity contribution in [3.05, 3.63) is 41.1 Å². The molecule has 2 heterocycles. The van der Waals surface area contributed by atoms with E-state index in [0.717, 1.165) is 31.9 Å².